The van der Waals surface area contributed by atoms with E-state index in [1.165, 1.54) is 0 Å². The number of fused-ring (bicyclic) bond motifs is 1. The number of aromatic nitrogens is 4. The molecule has 0 aliphatic rings. The SMILES string of the molecule is CCn1nc(C)c2nc(N)n(Cc3cccc(C#N)c3)c21. The van der Waals surface area contributed by atoms with E-state index in [0.29, 0.717) is 18.1 Å². The summed E-state index contributed by atoms with van der Waals surface area (Å²) >= 11 is 0. The maximum absolute atomic E-state index is 8.99. The number of nitrogens with zero attached hydrogens (tertiary/aromatic N) is 5. The van der Waals surface area contributed by atoms with Crippen molar-refractivity contribution in [2.75, 3.05) is 5.73 Å². The quantitative estimate of drug-likeness (QED) is 0.795. The van der Waals surface area contributed by atoms with E-state index in [4.69, 9.17) is 11.0 Å². The number of benzene rings is 1. The van der Waals surface area contributed by atoms with Crippen molar-refractivity contribution in [2.24, 2.45) is 0 Å². The van der Waals surface area contributed by atoms with E-state index in [1.807, 2.05) is 41.3 Å². The van der Waals surface area contributed by atoms with Gasteiger partial charge >= 0.3 is 0 Å². The lowest BCUT2D eigenvalue weighted by Crippen LogP contribution is -2.09. The number of aryl methyl sites for hydroxylation is 2. The third-order valence-electron chi connectivity index (χ3n) is 3.52. The Balaban J connectivity index is 2.11. The minimum absolute atomic E-state index is 0.468. The summed E-state index contributed by atoms with van der Waals surface area (Å²) in [6.45, 7) is 5.30. The molecule has 0 radical (unpaired) electrons. The number of nitrogen functional groups attached to an aromatic ring is 1. The molecule has 0 unspecified atom stereocenters. The molecule has 21 heavy (non-hydrogen) atoms. The zero-order valence-electron chi connectivity index (χ0n) is 12.0. The molecule has 0 aliphatic carbocycles. The summed E-state index contributed by atoms with van der Waals surface area (Å²) in [4.78, 5) is 4.41. The molecule has 0 saturated heterocycles. The van der Waals surface area contributed by atoms with Gasteiger partial charge in [0.05, 0.1) is 23.9 Å². The standard InChI is InChI=1S/C15H16N6/c1-3-21-14-13(10(2)19-21)18-15(17)20(14)9-12-6-4-5-11(7-12)8-16/h4-7H,3,9H2,1-2H3,(H2,17,18). The van der Waals surface area contributed by atoms with Gasteiger partial charge in [0.15, 0.2) is 5.65 Å². The lowest BCUT2D eigenvalue weighted by molar-refractivity contribution is 0.648. The van der Waals surface area contributed by atoms with Crippen LogP contribution in [0.25, 0.3) is 11.2 Å². The van der Waals surface area contributed by atoms with Crippen LogP contribution in [-0.2, 0) is 13.1 Å². The summed E-state index contributed by atoms with van der Waals surface area (Å²) in [5.74, 6) is 0.468. The Hall–Kier alpha value is -2.81. The van der Waals surface area contributed by atoms with Crippen LogP contribution in [0.4, 0.5) is 5.95 Å². The van der Waals surface area contributed by atoms with E-state index in [0.717, 1.165) is 29.0 Å². The molecule has 0 aliphatic heterocycles. The van der Waals surface area contributed by atoms with E-state index in [9.17, 15) is 0 Å². The Labute approximate surface area is 122 Å². The molecule has 0 bridgehead atoms. The summed E-state index contributed by atoms with van der Waals surface area (Å²) in [7, 11) is 0. The van der Waals surface area contributed by atoms with Gasteiger partial charge in [-0.1, -0.05) is 12.1 Å². The number of hydrogen-bond donors (Lipinski definition) is 1. The molecule has 3 aromatic rings. The molecular formula is C15H16N6. The summed E-state index contributed by atoms with van der Waals surface area (Å²) in [5.41, 5.74) is 10.4. The highest BCUT2D eigenvalue weighted by atomic mass is 15.4. The van der Waals surface area contributed by atoms with Crippen molar-refractivity contribution in [2.45, 2.75) is 26.9 Å². The molecule has 3 rings (SSSR count). The van der Waals surface area contributed by atoms with Crippen molar-refractivity contribution >= 4 is 17.1 Å². The molecule has 2 aromatic heterocycles. The minimum atomic E-state index is 0.468. The lowest BCUT2D eigenvalue weighted by Gasteiger charge is -2.08. The van der Waals surface area contributed by atoms with Gasteiger partial charge in [-0.2, -0.15) is 10.4 Å². The number of anilines is 1. The average molecular weight is 280 g/mol. The number of rotatable bonds is 3. The normalized spacial score (nSPS) is 10.9. The predicted molar refractivity (Wildman–Crippen MR) is 80.6 cm³/mol. The molecule has 6 heteroatoms. The van der Waals surface area contributed by atoms with Crippen LogP contribution in [0, 0.1) is 18.3 Å². The van der Waals surface area contributed by atoms with Gasteiger partial charge < -0.3 is 5.73 Å². The summed E-state index contributed by atoms with van der Waals surface area (Å²) in [6, 6.07) is 9.66. The third kappa shape index (κ3) is 2.13. The zero-order valence-corrected chi connectivity index (χ0v) is 12.0. The first-order valence-corrected chi connectivity index (χ1v) is 6.82. The van der Waals surface area contributed by atoms with Gasteiger partial charge in [0.25, 0.3) is 0 Å². The third-order valence-corrected chi connectivity index (χ3v) is 3.52. The van der Waals surface area contributed by atoms with E-state index in [-0.39, 0.29) is 0 Å². The van der Waals surface area contributed by atoms with Crippen LogP contribution in [0.3, 0.4) is 0 Å². The van der Waals surface area contributed by atoms with Gasteiger partial charge in [-0.25, -0.2) is 9.67 Å². The monoisotopic (exact) mass is 280 g/mol. The molecule has 0 atom stereocenters. The fraction of sp³-hybridized carbons (Fsp3) is 0.267. The van der Waals surface area contributed by atoms with Crippen molar-refractivity contribution in [1.29, 1.82) is 5.26 Å². The molecular weight excluding hydrogens is 264 g/mol. The van der Waals surface area contributed by atoms with Gasteiger partial charge in [-0.05, 0) is 31.5 Å². The van der Waals surface area contributed by atoms with Crippen molar-refractivity contribution in [1.82, 2.24) is 19.3 Å². The van der Waals surface area contributed by atoms with Crippen molar-refractivity contribution in [3.63, 3.8) is 0 Å². The van der Waals surface area contributed by atoms with Crippen LogP contribution < -0.4 is 5.73 Å². The first-order chi connectivity index (χ1) is 10.1. The highest BCUT2D eigenvalue weighted by molar-refractivity contribution is 5.77. The van der Waals surface area contributed by atoms with Gasteiger partial charge in [0.2, 0.25) is 5.95 Å². The van der Waals surface area contributed by atoms with Crippen molar-refractivity contribution in [3.05, 3.63) is 41.1 Å². The Bertz CT molecular complexity index is 849. The Kier molecular flexibility index (Phi) is 3.10. The first kappa shape index (κ1) is 13.2. The van der Waals surface area contributed by atoms with Crippen molar-refractivity contribution in [3.8, 4) is 6.07 Å². The van der Waals surface area contributed by atoms with Crippen LogP contribution in [0.15, 0.2) is 24.3 Å². The molecule has 6 nitrogen and oxygen atoms in total. The Morgan fingerprint density at radius 3 is 2.90 bits per heavy atom. The number of imidazole rings is 1. The molecule has 106 valence electrons. The fourth-order valence-corrected chi connectivity index (χ4v) is 2.54. The maximum atomic E-state index is 8.99. The van der Waals surface area contributed by atoms with E-state index in [1.54, 1.807) is 6.07 Å². The largest absolute Gasteiger partial charge is 0.369 e. The van der Waals surface area contributed by atoms with Gasteiger partial charge in [0, 0.05) is 6.54 Å². The van der Waals surface area contributed by atoms with E-state index in [2.05, 4.69) is 16.2 Å². The number of hydrogen-bond acceptors (Lipinski definition) is 4. The van der Waals surface area contributed by atoms with Crippen molar-refractivity contribution < 1.29 is 0 Å². The Morgan fingerprint density at radius 1 is 1.38 bits per heavy atom. The van der Waals surface area contributed by atoms with Gasteiger partial charge in [0.1, 0.15) is 5.52 Å². The maximum Gasteiger partial charge on any atom is 0.202 e. The van der Waals surface area contributed by atoms with Gasteiger partial charge in [-0.15, -0.1) is 0 Å². The highest BCUT2D eigenvalue weighted by Gasteiger charge is 2.16. The summed E-state index contributed by atoms with van der Waals surface area (Å²) in [6.07, 6.45) is 0. The number of nitriles is 1. The fourth-order valence-electron chi connectivity index (χ4n) is 2.54. The van der Waals surface area contributed by atoms with Gasteiger partial charge in [-0.3, -0.25) is 4.57 Å². The van der Waals surface area contributed by atoms with Crippen LogP contribution in [0.2, 0.25) is 0 Å². The topological polar surface area (TPSA) is 85.5 Å². The molecule has 0 spiro atoms. The van der Waals surface area contributed by atoms with E-state index >= 15 is 0 Å². The average Bonchev–Trinajstić information content (AvgIpc) is 2.97. The van der Waals surface area contributed by atoms with Crippen LogP contribution >= 0.6 is 0 Å². The van der Waals surface area contributed by atoms with Crippen LogP contribution in [-0.4, -0.2) is 19.3 Å². The summed E-state index contributed by atoms with van der Waals surface area (Å²) in [5, 5.41) is 13.5. The summed E-state index contributed by atoms with van der Waals surface area (Å²) < 4.78 is 3.84. The second kappa shape index (κ2) is 4.94. The molecule has 2 N–H and O–H groups in total. The van der Waals surface area contributed by atoms with Crippen LogP contribution in [0.1, 0.15) is 23.7 Å². The second-order valence-corrected chi connectivity index (χ2v) is 4.94. The molecule has 1 aromatic carbocycles. The first-order valence-electron chi connectivity index (χ1n) is 6.82. The molecule has 0 amide bonds. The molecule has 2 heterocycles. The minimum Gasteiger partial charge on any atom is -0.369 e. The zero-order chi connectivity index (χ0) is 15.0. The Morgan fingerprint density at radius 2 is 2.19 bits per heavy atom. The van der Waals surface area contributed by atoms with E-state index < -0.39 is 0 Å². The smallest absolute Gasteiger partial charge is 0.202 e. The van der Waals surface area contributed by atoms with Crippen LogP contribution in [0.5, 0.6) is 0 Å². The molecule has 0 saturated carbocycles. The number of nitrogens with two attached hydrogens (primary N) is 1. The highest BCUT2D eigenvalue weighted by Crippen LogP contribution is 2.22. The lowest BCUT2D eigenvalue weighted by atomic mass is 10.1. The second-order valence-electron chi connectivity index (χ2n) is 4.94. The molecule has 0 fully saturated rings. The predicted octanol–water partition coefficient (Wildman–Crippen LogP) is 2.06.